The van der Waals surface area contributed by atoms with Crippen LogP contribution in [0.1, 0.15) is 19.8 Å². The number of carbonyl (C=O) groups excluding carboxylic acids is 2. The number of nitrogens with zero attached hydrogens (tertiary/aromatic N) is 2. The van der Waals surface area contributed by atoms with Crippen molar-refractivity contribution in [1.29, 1.82) is 0 Å². The summed E-state index contributed by atoms with van der Waals surface area (Å²) in [5.74, 6) is 0.382. The van der Waals surface area contributed by atoms with Crippen molar-refractivity contribution in [2.75, 3.05) is 46.3 Å². The van der Waals surface area contributed by atoms with Crippen molar-refractivity contribution in [3.05, 3.63) is 0 Å². The lowest BCUT2D eigenvalue weighted by Crippen LogP contribution is -2.54. The lowest BCUT2D eigenvalue weighted by Gasteiger charge is -2.37. The Labute approximate surface area is 120 Å². The van der Waals surface area contributed by atoms with Crippen LogP contribution in [-0.2, 0) is 9.59 Å². The van der Waals surface area contributed by atoms with Crippen LogP contribution in [0.2, 0.25) is 0 Å². The van der Waals surface area contributed by atoms with E-state index in [0.717, 1.165) is 39.0 Å². The van der Waals surface area contributed by atoms with Gasteiger partial charge in [-0.05, 0) is 19.8 Å². The Morgan fingerprint density at radius 1 is 1.15 bits per heavy atom. The summed E-state index contributed by atoms with van der Waals surface area (Å²) in [5.41, 5.74) is 0. The first kappa shape index (κ1) is 15.3. The summed E-state index contributed by atoms with van der Waals surface area (Å²) in [6, 6.07) is -0.0475. The molecule has 6 nitrogen and oxygen atoms in total. The maximum Gasteiger partial charge on any atom is 0.239 e. The van der Waals surface area contributed by atoms with Crippen LogP contribution < -0.4 is 10.6 Å². The van der Waals surface area contributed by atoms with Gasteiger partial charge in [0, 0.05) is 52.2 Å². The highest BCUT2D eigenvalue weighted by molar-refractivity contribution is 5.82. The van der Waals surface area contributed by atoms with Crippen LogP contribution in [0.5, 0.6) is 0 Å². The quantitative estimate of drug-likeness (QED) is 0.716. The number of nitrogens with one attached hydrogen (secondary N) is 2. The van der Waals surface area contributed by atoms with Crippen LogP contribution in [0.3, 0.4) is 0 Å². The Hall–Kier alpha value is -1.14. The molecule has 2 saturated heterocycles. The molecule has 0 aromatic rings. The van der Waals surface area contributed by atoms with Crippen molar-refractivity contribution in [2.24, 2.45) is 5.92 Å². The van der Waals surface area contributed by atoms with Gasteiger partial charge in [0.25, 0.3) is 0 Å². The van der Waals surface area contributed by atoms with Gasteiger partial charge in [-0.3, -0.25) is 14.5 Å². The highest BCUT2D eigenvalue weighted by Crippen LogP contribution is 2.18. The first-order valence-corrected chi connectivity index (χ1v) is 7.58. The monoisotopic (exact) mass is 282 g/mol. The molecule has 0 saturated carbocycles. The SMILES string of the molecule is CNC(=O)C1CCN(C(=O)C(C)N2CCNCC2)CC1. The molecule has 0 aromatic heterocycles. The van der Waals surface area contributed by atoms with E-state index in [1.165, 1.54) is 0 Å². The standard InChI is InChI=1S/C14H26N4O2/c1-11(17-9-5-16-6-10-17)14(20)18-7-3-12(4-8-18)13(19)15-2/h11-12,16H,3-10H2,1-2H3,(H,15,19). The molecule has 2 rings (SSSR count). The Balaban J connectivity index is 1.83. The Kier molecular flexibility index (Phi) is 5.37. The molecule has 1 atom stereocenters. The predicted molar refractivity (Wildman–Crippen MR) is 77.3 cm³/mol. The van der Waals surface area contributed by atoms with E-state index in [1.807, 2.05) is 11.8 Å². The molecule has 2 heterocycles. The van der Waals surface area contributed by atoms with E-state index in [1.54, 1.807) is 7.05 Å². The number of rotatable bonds is 3. The second kappa shape index (κ2) is 7.04. The summed E-state index contributed by atoms with van der Waals surface area (Å²) in [7, 11) is 1.67. The van der Waals surface area contributed by atoms with Gasteiger partial charge in [0.2, 0.25) is 11.8 Å². The zero-order valence-corrected chi connectivity index (χ0v) is 12.5. The van der Waals surface area contributed by atoms with Gasteiger partial charge in [-0.25, -0.2) is 0 Å². The molecule has 2 aliphatic rings. The summed E-state index contributed by atoms with van der Waals surface area (Å²) in [6.07, 6.45) is 1.55. The molecule has 1 unspecified atom stereocenters. The maximum absolute atomic E-state index is 12.5. The number of amides is 2. The molecule has 6 heteroatoms. The summed E-state index contributed by atoms with van der Waals surface area (Å²) in [4.78, 5) is 28.3. The third kappa shape index (κ3) is 3.49. The van der Waals surface area contributed by atoms with Crippen molar-refractivity contribution in [1.82, 2.24) is 20.4 Å². The van der Waals surface area contributed by atoms with E-state index in [2.05, 4.69) is 15.5 Å². The summed E-state index contributed by atoms with van der Waals surface area (Å²) < 4.78 is 0. The van der Waals surface area contributed by atoms with Crippen molar-refractivity contribution in [2.45, 2.75) is 25.8 Å². The molecular weight excluding hydrogens is 256 g/mol. The van der Waals surface area contributed by atoms with Crippen LogP contribution >= 0.6 is 0 Å². The van der Waals surface area contributed by atoms with Crippen molar-refractivity contribution in [3.63, 3.8) is 0 Å². The number of hydrogen-bond donors (Lipinski definition) is 2. The Morgan fingerprint density at radius 2 is 1.75 bits per heavy atom. The molecule has 2 amide bonds. The van der Waals surface area contributed by atoms with Gasteiger partial charge in [-0.2, -0.15) is 0 Å². The molecule has 0 radical (unpaired) electrons. The summed E-state index contributed by atoms with van der Waals surface area (Å²) in [6.45, 7) is 7.18. The van der Waals surface area contributed by atoms with Gasteiger partial charge in [0.15, 0.2) is 0 Å². The van der Waals surface area contributed by atoms with E-state index in [0.29, 0.717) is 13.1 Å². The maximum atomic E-state index is 12.5. The second-order valence-electron chi connectivity index (χ2n) is 5.68. The van der Waals surface area contributed by atoms with Crippen molar-refractivity contribution >= 4 is 11.8 Å². The van der Waals surface area contributed by atoms with Crippen LogP contribution in [-0.4, -0.2) is 74.0 Å². The zero-order valence-electron chi connectivity index (χ0n) is 12.5. The molecule has 114 valence electrons. The molecular formula is C14H26N4O2. The molecule has 2 aliphatic heterocycles. The lowest BCUT2D eigenvalue weighted by atomic mass is 9.95. The topological polar surface area (TPSA) is 64.7 Å². The molecule has 0 aromatic carbocycles. The van der Waals surface area contributed by atoms with Crippen LogP contribution in [0, 0.1) is 5.92 Å². The average Bonchev–Trinajstić information content (AvgIpc) is 2.53. The third-order valence-corrected chi connectivity index (χ3v) is 4.48. The minimum Gasteiger partial charge on any atom is -0.359 e. The fourth-order valence-electron chi connectivity index (χ4n) is 3.06. The number of likely N-dealkylation sites (tertiary alicyclic amines) is 1. The van der Waals surface area contributed by atoms with E-state index in [9.17, 15) is 9.59 Å². The summed E-state index contributed by atoms with van der Waals surface area (Å²) >= 11 is 0. The van der Waals surface area contributed by atoms with E-state index < -0.39 is 0 Å². The largest absolute Gasteiger partial charge is 0.359 e. The number of piperidine rings is 1. The number of hydrogen-bond acceptors (Lipinski definition) is 4. The second-order valence-corrected chi connectivity index (χ2v) is 5.68. The fourth-order valence-corrected chi connectivity index (χ4v) is 3.06. The Bertz CT molecular complexity index is 347. The average molecular weight is 282 g/mol. The molecule has 0 spiro atoms. The normalized spacial score (nSPS) is 23.4. The molecule has 0 bridgehead atoms. The highest BCUT2D eigenvalue weighted by atomic mass is 16.2. The summed E-state index contributed by atoms with van der Waals surface area (Å²) in [5, 5.41) is 6.00. The Morgan fingerprint density at radius 3 is 2.30 bits per heavy atom. The van der Waals surface area contributed by atoms with Gasteiger partial charge in [0.05, 0.1) is 6.04 Å². The number of carbonyl (C=O) groups is 2. The van der Waals surface area contributed by atoms with Crippen LogP contribution in [0.15, 0.2) is 0 Å². The fraction of sp³-hybridized carbons (Fsp3) is 0.857. The zero-order chi connectivity index (χ0) is 14.5. The van der Waals surface area contributed by atoms with Crippen LogP contribution in [0.25, 0.3) is 0 Å². The smallest absolute Gasteiger partial charge is 0.239 e. The van der Waals surface area contributed by atoms with Gasteiger partial charge in [0.1, 0.15) is 0 Å². The molecule has 2 N–H and O–H groups in total. The minimum atomic E-state index is -0.0475. The van der Waals surface area contributed by atoms with Gasteiger partial charge in [-0.15, -0.1) is 0 Å². The lowest BCUT2D eigenvalue weighted by molar-refractivity contribution is -0.140. The van der Waals surface area contributed by atoms with Crippen molar-refractivity contribution in [3.8, 4) is 0 Å². The first-order chi connectivity index (χ1) is 9.63. The minimum absolute atomic E-state index is 0.0475. The molecule has 0 aliphatic carbocycles. The third-order valence-electron chi connectivity index (χ3n) is 4.48. The molecule has 2 fully saturated rings. The predicted octanol–water partition coefficient (Wildman–Crippen LogP) is -0.735. The van der Waals surface area contributed by atoms with E-state index in [-0.39, 0.29) is 23.8 Å². The van der Waals surface area contributed by atoms with Crippen LogP contribution in [0.4, 0.5) is 0 Å². The van der Waals surface area contributed by atoms with E-state index in [4.69, 9.17) is 0 Å². The van der Waals surface area contributed by atoms with Crippen molar-refractivity contribution < 1.29 is 9.59 Å². The first-order valence-electron chi connectivity index (χ1n) is 7.58. The van der Waals surface area contributed by atoms with Gasteiger partial charge >= 0.3 is 0 Å². The van der Waals surface area contributed by atoms with E-state index >= 15 is 0 Å². The number of piperazine rings is 1. The molecule has 20 heavy (non-hydrogen) atoms. The highest BCUT2D eigenvalue weighted by Gasteiger charge is 2.31. The van der Waals surface area contributed by atoms with Gasteiger partial charge < -0.3 is 15.5 Å². The van der Waals surface area contributed by atoms with Gasteiger partial charge in [-0.1, -0.05) is 0 Å².